The zero-order valence-corrected chi connectivity index (χ0v) is 26.4. The number of fused-ring (bicyclic) bond motifs is 7. The summed E-state index contributed by atoms with van der Waals surface area (Å²) in [5.74, 6) is 0.148. The number of hydrogen-bond acceptors (Lipinski definition) is 5. The van der Waals surface area contributed by atoms with Gasteiger partial charge in [-0.3, -0.25) is 4.79 Å². The molecule has 0 radical (unpaired) electrons. The first-order chi connectivity index (χ1) is 19.2. The molecule has 1 heterocycles. The highest BCUT2D eigenvalue weighted by Gasteiger charge is 2.66. The highest BCUT2D eigenvalue weighted by molar-refractivity contribution is 6.06. The van der Waals surface area contributed by atoms with E-state index in [1.807, 2.05) is 11.8 Å². The number of hydrogen-bond donors (Lipinski definition) is 1. The Balaban J connectivity index is 1.28. The van der Waals surface area contributed by atoms with Gasteiger partial charge < -0.3 is 19.6 Å². The lowest BCUT2D eigenvalue weighted by Gasteiger charge is -2.70. The zero-order chi connectivity index (χ0) is 29.6. The lowest BCUT2D eigenvalue weighted by molar-refractivity contribution is -0.166. The first-order valence-electron chi connectivity index (χ1n) is 15.9. The van der Waals surface area contributed by atoms with E-state index >= 15 is 0 Å². The van der Waals surface area contributed by atoms with E-state index in [1.165, 1.54) is 18.4 Å². The average Bonchev–Trinajstić information content (AvgIpc) is 2.94. The summed E-state index contributed by atoms with van der Waals surface area (Å²) in [7, 11) is 2.10. The Labute approximate surface area is 246 Å². The van der Waals surface area contributed by atoms with E-state index in [2.05, 4.69) is 58.7 Å². The van der Waals surface area contributed by atoms with E-state index in [-0.39, 0.29) is 44.7 Å². The maximum absolute atomic E-state index is 13.0. The molecule has 0 aromatic heterocycles. The molecule has 6 aliphatic rings. The Kier molecular flexibility index (Phi) is 6.54. The fraction of sp³-hybridized carbons (Fsp3) is 0.714. The molecule has 3 saturated carbocycles. The molecular weight excluding hydrogens is 512 g/mol. The van der Waals surface area contributed by atoms with Gasteiger partial charge in [0.1, 0.15) is 0 Å². The van der Waals surface area contributed by atoms with Crippen molar-refractivity contribution in [3.63, 3.8) is 0 Å². The summed E-state index contributed by atoms with van der Waals surface area (Å²) >= 11 is 0. The SMILES string of the molecule is CC1=C(O)C(=O)C=C2C1=CC=C1[C@@]2(C)CC[C@@]2(C)[C@@H]3C[C@](C)(COC(=O)N4CCN(C)CC4)CC[C@@]3(C)CC[C@]12C. The highest BCUT2D eigenvalue weighted by atomic mass is 16.6. The number of aliphatic hydroxyl groups is 1. The van der Waals surface area contributed by atoms with E-state index in [1.54, 1.807) is 6.08 Å². The van der Waals surface area contributed by atoms with Gasteiger partial charge in [-0.15, -0.1) is 0 Å². The molecule has 0 spiro atoms. The van der Waals surface area contributed by atoms with Gasteiger partial charge in [-0.2, -0.15) is 0 Å². The quantitative estimate of drug-likeness (QED) is 0.393. The lowest BCUT2D eigenvalue weighted by Crippen LogP contribution is -2.62. The summed E-state index contributed by atoms with van der Waals surface area (Å²) in [6, 6.07) is 0. The topological polar surface area (TPSA) is 70.1 Å². The summed E-state index contributed by atoms with van der Waals surface area (Å²) in [4.78, 5) is 29.9. The van der Waals surface area contributed by atoms with Gasteiger partial charge in [0.2, 0.25) is 5.78 Å². The van der Waals surface area contributed by atoms with Crippen LogP contribution in [0.2, 0.25) is 0 Å². The van der Waals surface area contributed by atoms with Crippen molar-refractivity contribution in [2.45, 2.75) is 86.5 Å². The second-order valence-corrected chi connectivity index (χ2v) is 15.7. The van der Waals surface area contributed by atoms with Crippen LogP contribution in [0.25, 0.3) is 0 Å². The molecule has 1 saturated heterocycles. The first-order valence-corrected chi connectivity index (χ1v) is 15.9. The molecule has 224 valence electrons. The molecule has 6 atom stereocenters. The minimum absolute atomic E-state index is 0.00194. The van der Waals surface area contributed by atoms with Gasteiger partial charge in [-0.1, -0.05) is 52.3 Å². The van der Waals surface area contributed by atoms with E-state index in [0.29, 0.717) is 18.1 Å². The van der Waals surface area contributed by atoms with Crippen molar-refractivity contribution in [3.8, 4) is 0 Å². The number of carbonyl (C=O) groups excluding carboxylic acids is 2. The van der Waals surface area contributed by atoms with Gasteiger partial charge in [0, 0.05) is 42.6 Å². The van der Waals surface area contributed by atoms with Crippen molar-refractivity contribution in [2.24, 2.45) is 33.0 Å². The number of likely N-dealkylation sites (N-methyl/N-ethyl adjacent to an activating group) is 1. The fourth-order valence-electron chi connectivity index (χ4n) is 9.97. The van der Waals surface area contributed by atoms with Crippen LogP contribution in [0, 0.1) is 33.0 Å². The van der Waals surface area contributed by atoms with Crippen molar-refractivity contribution in [1.82, 2.24) is 9.80 Å². The van der Waals surface area contributed by atoms with Crippen LogP contribution >= 0.6 is 0 Å². The Morgan fingerprint density at radius 3 is 2.37 bits per heavy atom. The fourth-order valence-corrected chi connectivity index (χ4v) is 9.97. The Morgan fingerprint density at radius 1 is 0.976 bits per heavy atom. The Morgan fingerprint density at radius 2 is 1.66 bits per heavy atom. The van der Waals surface area contributed by atoms with E-state index < -0.39 is 0 Å². The third kappa shape index (κ3) is 4.13. The predicted molar refractivity (Wildman–Crippen MR) is 161 cm³/mol. The molecule has 6 heteroatoms. The summed E-state index contributed by atoms with van der Waals surface area (Å²) in [5.41, 5.74) is 4.43. The van der Waals surface area contributed by atoms with Crippen LogP contribution in [0.1, 0.15) is 86.5 Å². The maximum atomic E-state index is 13.0. The van der Waals surface area contributed by atoms with Crippen LogP contribution in [0.4, 0.5) is 4.79 Å². The average molecular weight is 563 g/mol. The maximum Gasteiger partial charge on any atom is 0.409 e. The van der Waals surface area contributed by atoms with Crippen LogP contribution in [-0.2, 0) is 9.53 Å². The van der Waals surface area contributed by atoms with Crippen LogP contribution in [0.15, 0.2) is 46.3 Å². The number of piperazine rings is 1. The molecule has 6 rings (SSSR count). The van der Waals surface area contributed by atoms with Crippen molar-refractivity contribution < 1.29 is 19.4 Å². The van der Waals surface area contributed by atoms with Crippen LogP contribution < -0.4 is 0 Å². The summed E-state index contributed by atoms with van der Waals surface area (Å²) in [6.45, 7) is 17.9. The predicted octanol–water partition coefficient (Wildman–Crippen LogP) is 7.00. The van der Waals surface area contributed by atoms with E-state index in [4.69, 9.17) is 4.74 Å². The Bertz CT molecular complexity index is 1300. The number of nitrogens with zero attached hydrogens (tertiary/aromatic N) is 2. The van der Waals surface area contributed by atoms with Gasteiger partial charge >= 0.3 is 6.09 Å². The molecule has 1 amide bonds. The van der Waals surface area contributed by atoms with E-state index in [9.17, 15) is 14.7 Å². The largest absolute Gasteiger partial charge is 0.504 e. The third-order valence-electron chi connectivity index (χ3n) is 13.3. The smallest absolute Gasteiger partial charge is 0.409 e. The van der Waals surface area contributed by atoms with Crippen molar-refractivity contribution in [1.29, 1.82) is 0 Å². The van der Waals surface area contributed by atoms with Crippen LogP contribution in [0.3, 0.4) is 0 Å². The number of ketones is 1. The molecule has 0 unspecified atom stereocenters. The van der Waals surface area contributed by atoms with Crippen molar-refractivity contribution in [2.75, 3.05) is 39.8 Å². The number of allylic oxidation sites excluding steroid dienone is 7. The lowest BCUT2D eigenvalue weighted by atomic mass is 9.34. The molecule has 4 fully saturated rings. The van der Waals surface area contributed by atoms with Gasteiger partial charge in [-0.25, -0.2) is 4.79 Å². The van der Waals surface area contributed by atoms with Gasteiger partial charge in [0.05, 0.1) is 6.61 Å². The number of aliphatic hydroxyl groups excluding tert-OH is 1. The monoisotopic (exact) mass is 562 g/mol. The number of carbonyl (C=O) groups is 2. The molecule has 1 N–H and O–H groups in total. The summed E-state index contributed by atoms with van der Waals surface area (Å²) in [5, 5.41) is 10.4. The molecule has 1 aliphatic heterocycles. The minimum Gasteiger partial charge on any atom is -0.504 e. The number of ether oxygens (including phenoxy) is 1. The molecular formula is C35H50N2O4. The van der Waals surface area contributed by atoms with Gasteiger partial charge in [0.25, 0.3) is 0 Å². The minimum atomic E-state index is -0.263. The third-order valence-corrected chi connectivity index (χ3v) is 13.3. The molecule has 41 heavy (non-hydrogen) atoms. The van der Waals surface area contributed by atoms with Crippen LogP contribution in [0.5, 0.6) is 0 Å². The number of amides is 1. The normalized spacial score (nSPS) is 42.7. The first kappa shape index (κ1) is 28.8. The Hall–Kier alpha value is -2.34. The molecule has 0 aromatic rings. The van der Waals surface area contributed by atoms with Crippen molar-refractivity contribution in [3.05, 3.63) is 46.3 Å². The standard InChI is InChI=1S/C35H50N2O4/c1-23-24-8-9-27-33(4,25(24)20-26(38)29(23)39)13-15-35(6)28-21-31(2,10-11-32(28,3)12-14-34(27,35)5)22-41-30(40)37-18-16-36(7)17-19-37/h8-9,20,28,39H,10-19,21-22H2,1-7H3/t28-,31-,32+,33+,34-,35+/m1/s1. The molecule has 6 nitrogen and oxygen atoms in total. The summed E-state index contributed by atoms with van der Waals surface area (Å²) < 4.78 is 6.04. The van der Waals surface area contributed by atoms with Gasteiger partial charge in [0.15, 0.2) is 5.76 Å². The molecule has 0 bridgehead atoms. The zero-order valence-electron chi connectivity index (χ0n) is 26.4. The second-order valence-electron chi connectivity index (χ2n) is 15.7. The van der Waals surface area contributed by atoms with Crippen LogP contribution in [-0.4, -0.2) is 66.6 Å². The van der Waals surface area contributed by atoms with Gasteiger partial charge in [-0.05, 0) is 98.3 Å². The highest BCUT2D eigenvalue weighted by Crippen LogP contribution is 2.75. The molecule has 0 aromatic carbocycles. The number of rotatable bonds is 2. The van der Waals surface area contributed by atoms with E-state index in [0.717, 1.165) is 69.4 Å². The molecule has 5 aliphatic carbocycles. The second kappa shape index (κ2) is 9.33. The summed E-state index contributed by atoms with van der Waals surface area (Å²) in [6.07, 6.45) is 13.9. The van der Waals surface area contributed by atoms with Crippen molar-refractivity contribution >= 4 is 11.9 Å².